The molecule has 1 unspecified atom stereocenters. The van der Waals surface area contributed by atoms with Crippen LogP contribution < -0.4 is 5.48 Å². The Kier molecular flexibility index (Phi) is 5.95. The first-order valence-corrected chi connectivity index (χ1v) is 12.0. The number of aryl methyl sites for hydroxylation is 1. The number of nitrogens with zero attached hydrogens (tertiary/aromatic N) is 1. The van der Waals surface area contributed by atoms with E-state index < -0.39 is 15.9 Å². The molecular weight excluding hydrogens is 414 g/mol. The van der Waals surface area contributed by atoms with E-state index in [-0.39, 0.29) is 6.04 Å². The number of rotatable bonds is 7. The van der Waals surface area contributed by atoms with E-state index >= 15 is 0 Å². The van der Waals surface area contributed by atoms with Gasteiger partial charge in [0.25, 0.3) is 5.91 Å². The lowest BCUT2D eigenvalue weighted by atomic mass is 10.0. The number of carbonyl (C=O) groups excluding carboxylic acids is 1. The lowest BCUT2D eigenvalue weighted by Crippen LogP contribution is -2.34. The van der Waals surface area contributed by atoms with Crippen LogP contribution in [-0.4, -0.2) is 41.6 Å². The van der Waals surface area contributed by atoms with Crippen LogP contribution in [0.25, 0.3) is 17.0 Å². The molecule has 0 saturated carbocycles. The normalized spacial score (nSPS) is 16.3. The molecule has 0 aliphatic heterocycles. The number of para-hydroxylation sites is 1. The average Bonchev–Trinajstić information content (AvgIpc) is 3.35. The van der Waals surface area contributed by atoms with Crippen molar-refractivity contribution in [2.75, 3.05) is 12.8 Å². The Morgan fingerprint density at radius 3 is 2.87 bits per heavy atom. The Bertz CT molecular complexity index is 1250. The molecule has 7 nitrogen and oxygen atoms in total. The van der Waals surface area contributed by atoms with Crippen LogP contribution in [0.4, 0.5) is 0 Å². The molecule has 0 radical (unpaired) electrons. The highest BCUT2D eigenvalue weighted by Crippen LogP contribution is 2.38. The Morgan fingerprint density at radius 2 is 2.10 bits per heavy atom. The number of amides is 1. The molecule has 1 aliphatic carbocycles. The van der Waals surface area contributed by atoms with Crippen molar-refractivity contribution < 1.29 is 18.4 Å². The summed E-state index contributed by atoms with van der Waals surface area (Å²) >= 11 is 0. The standard InChI is InChI=1S/C23H25N3O4S/c1-31(29,30)26(13-12-18-15-24-21-5-3-2-4-19(18)21)22-10-8-17-14-16(6-9-20(17)22)7-11-23(27)25-28/h2-7,9,11,14-15,22,24,28H,8,10,12-13H2,1H3,(H,25,27)/b11-7+. The van der Waals surface area contributed by atoms with Gasteiger partial charge in [-0.1, -0.05) is 36.4 Å². The highest BCUT2D eigenvalue weighted by molar-refractivity contribution is 7.88. The second-order valence-electron chi connectivity index (χ2n) is 7.81. The lowest BCUT2D eigenvalue weighted by Gasteiger charge is -2.27. The van der Waals surface area contributed by atoms with Crippen LogP contribution in [0.5, 0.6) is 0 Å². The van der Waals surface area contributed by atoms with Crippen molar-refractivity contribution in [3.05, 3.63) is 77.0 Å². The van der Waals surface area contributed by atoms with Gasteiger partial charge in [0.2, 0.25) is 10.0 Å². The number of H-pyrrole nitrogens is 1. The van der Waals surface area contributed by atoms with Crippen molar-refractivity contribution in [1.82, 2.24) is 14.8 Å². The summed E-state index contributed by atoms with van der Waals surface area (Å²) in [6.07, 6.45) is 8.20. The number of sulfonamides is 1. The summed E-state index contributed by atoms with van der Waals surface area (Å²) in [6, 6.07) is 13.6. The molecule has 1 heterocycles. The number of hydrogen-bond donors (Lipinski definition) is 3. The number of aromatic nitrogens is 1. The first-order valence-electron chi connectivity index (χ1n) is 10.1. The SMILES string of the molecule is CS(=O)(=O)N(CCc1c[nH]c2ccccc12)C1CCc2cc(/C=C/C(=O)NO)ccc21. The Balaban J connectivity index is 1.56. The first-order chi connectivity index (χ1) is 14.9. The van der Waals surface area contributed by atoms with Gasteiger partial charge in [-0.05, 0) is 53.7 Å². The molecule has 3 N–H and O–H groups in total. The van der Waals surface area contributed by atoms with Gasteiger partial charge in [0.1, 0.15) is 0 Å². The zero-order valence-electron chi connectivity index (χ0n) is 17.2. The van der Waals surface area contributed by atoms with Gasteiger partial charge in [0.05, 0.1) is 12.3 Å². The summed E-state index contributed by atoms with van der Waals surface area (Å²) in [5.74, 6) is -0.598. The number of benzene rings is 2. The van der Waals surface area contributed by atoms with Crippen LogP contribution in [0.15, 0.2) is 54.7 Å². The largest absolute Gasteiger partial charge is 0.361 e. The van der Waals surface area contributed by atoms with Crippen molar-refractivity contribution in [3.63, 3.8) is 0 Å². The average molecular weight is 440 g/mol. The van der Waals surface area contributed by atoms with Crippen LogP contribution in [0, 0.1) is 0 Å². The van der Waals surface area contributed by atoms with E-state index in [1.807, 2.05) is 48.7 Å². The summed E-state index contributed by atoms with van der Waals surface area (Å²) in [5, 5.41) is 9.72. The monoisotopic (exact) mass is 439 g/mol. The van der Waals surface area contributed by atoms with Gasteiger partial charge in [0.15, 0.2) is 0 Å². The number of fused-ring (bicyclic) bond motifs is 2. The molecule has 1 aliphatic rings. The van der Waals surface area contributed by atoms with Crippen LogP contribution in [0.1, 0.15) is 34.7 Å². The zero-order chi connectivity index (χ0) is 22.0. The molecule has 31 heavy (non-hydrogen) atoms. The molecule has 3 aromatic rings. The summed E-state index contributed by atoms with van der Waals surface area (Å²) in [5.41, 5.74) is 6.62. The van der Waals surface area contributed by atoms with Crippen molar-refractivity contribution in [2.24, 2.45) is 0 Å². The van der Waals surface area contributed by atoms with E-state index in [9.17, 15) is 13.2 Å². The van der Waals surface area contributed by atoms with Crippen LogP contribution >= 0.6 is 0 Å². The van der Waals surface area contributed by atoms with Gasteiger partial charge in [-0.3, -0.25) is 10.0 Å². The van der Waals surface area contributed by atoms with Gasteiger partial charge in [0, 0.05) is 29.7 Å². The highest BCUT2D eigenvalue weighted by atomic mass is 32.2. The zero-order valence-corrected chi connectivity index (χ0v) is 18.0. The minimum atomic E-state index is -3.40. The fourth-order valence-electron chi connectivity index (χ4n) is 4.35. The van der Waals surface area contributed by atoms with Crippen LogP contribution in [0.3, 0.4) is 0 Å². The van der Waals surface area contributed by atoms with Crippen molar-refractivity contribution in [3.8, 4) is 0 Å². The lowest BCUT2D eigenvalue weighted by molar-refractivity contribution is -0.124. The van der Waals surface area contributed by atoms with Gasteiger partial charge in [-0.15, -0.1) is 0 Å². The second-order valence-corrected chi connectivity index (χ2v) is 9.74. The summed E-state index contributed by atoms with van der Waals surface area (Å²) in [4.78, 5) is 14.4. The topological polar surface area (TPSA) is 103 Å². The number of hydrogen-bond acceptors (Lipinski definition) is 4. The molecular formula is C23H25N3O4S. The van der Waals surface area contributed by atoms with Gasteiger partial charge in [-0.25, -0.2) is 13.9 Å². The summed E-state index contributed by atoms with van der Waals surface area (Å²) in [7, 11) is -3.40. The van der Waals surface area contributed by atoms with Crippen molar-refractivity contribution in [1.29, 1.82) is 0 Å². The predicted octanol–water partition coefficient (Wildman–Crippen LogP) is 3.18. The van der Waals surface area contributed by atoms with E-state index in [1.54, 1.807) is 15.9 Å². The molecule has 162 valence electrons. The number of aromatic amines is 1. The molecule has 1 atom stereocenters. The molecule has 0 bridgehead atoms. The predicted molar refractivity (Wildman–Crippen MR) is 120 cm³/mol. The molecule has 0 spiro atoms. The highest BCUT2D eigenvalue weighted by Gasteiger charge is 2.33. The van der Waals surface area contributed by atoms with E-state index in [1.165, 1.54) is 12.3 Å². The maximum absolute atomic E-state index is 12.7. The number of carbonyl (C=O) groups is 1. The number of hydroxylamine groups is 1. The van der Waals surface area contributed by atoms with Crippen LogP contribution in [0.2, 0.25) is 0 Å². The third kappa shape index (κ3) is 4.56. The third-order valence-electron chi connectivity index (χ3n) is 5.80. The van der Waals surface area contributed by atoms with E-state index in [2.05, 4.69) is 4.98 Å². The van der Waals surface area contributed by atoms with E-state index in [4.69, 9.17) is 5.21 Å². The van der Waals surface area contributed by atoms with E-state index in [0.717, 1.165) is 46.0 Å². The molecule has 4 rings (SSSR count). The summed E-state index contributed by atoms with van der Waals surface area (Å²) < 4.78 is 26.9. The summed E-state index contributed by atoms with van der Waals surface area (Å²) in [6.45, 7) is 0.406. The Morgan fingerprint density at radius 1 is 1.29 bits per heavy atom. The van der Waals surface area contributed by atoms with Gasteiger partial charge >= 0.3 is 0 Å². The minimum absolute atomic E-state index is 0.200. The maximum Gasteiger partial charge on any atom is 0.267 e. The van der Waals surface area contributed by atoms with Crippen molar-refractivity contribution in [2.45, 2.75) is 25.3 Å². The van der Waals surface area contributed by atoms with Crippen molar-refractivity contribution >= 4 is 32.9 Å². The molecule has 2 aromatic carbocycles. The minimum Gasteiger partial charge on any atom is -0.361 e. The smallest absolute Gasteiger partial charge is 0.267 e. The van der Waals surface area contributed by atoms with E-state index in [0.29, 0.717) is 13.0 Å². The van der Waals surface area contributed by atoms with Crippen LogP contribution in [-0.2, 0) is 27.7 Å². The fourth-order valence-corrected chi connectivity index (χ4v) is 5.45. The molecule has 0 fully saturated rings. The Hall–Kier alpha value is -2.94. The molecule has 1 aromatic heterocycles. The fraction of sp³-hybridized carbons (Fsp3) is 0.261. The van der Waals surface area contributed by atoms with Gasteiger partial charge < -0.3 is 4.98 Å². The maximum atomic E-state index is 12.7. The first kappa shape index (κ1) is 21.3. The quantitative estimate of drug-likeness (QED) is 0.299. The molecule has 0 saturated heterocycles. The molecule has 1 amide bonds. The third-order valence-corrected chi connectivity index (χ3v) is 7.09. The molecule has 8 heteroatoms. The second kappa shape index (κ2) is 8.66. The number of nitrogens with one attached hydrogen (secondary N) is 2. The Labute approximate surface area is 181 Å². The van der Waals surface area contributed by atoms with Gasteiger partial charge in [-0.2, -0.15) is 4.31 Å².